The Balaban J connectivity index is 3.03. The number of terminal acetylenes is 1. The minimum atomic E-state index is -4.09. The minimum Gasteiger partial charge on any atom is -0.282 e. The van der Waals surface area contributed by atoms with Crippen LogP contribution in [0.15, 0.2) is 29.2 Å². The molecule has 13 heavy (non-hydrogen) atoms. The van der Waals surface area contributed by atoms with Crippen molar-refractivity contribution in [2.24, 2.45) is 0 Å². The standard InChI is InChI=1S/C9H8O3S/c1-2-3-8-4-6-9(7-5-8)13(10,11)12/h1,4-7H,3H2,(H,10,11,12). The predicted octanol–water partition coefficient (Wildman–Crippen LogP) is 1.11. The molecule has 0 spiro atoms. The molecular weight excluding hydrogens is 188 g/mol. The largest absolute Gasteiger partial charge is 0.294 e. The Morgan fingerprint density at radius 1 is 1.31 bits per heavy atom. The number of hydrogen-bond donors (Lipinski definition) is 1. The Kier molecular flexibility index (Phi) is 2.71. The van der Waals surface area contributed by atoms with Gasteiger partial charge in [-0.25, -0.2) is 0 Å². The second kappa shape index (κ2) is 3.60. The van der Waals surface area contributed by atoms with E-state index < -0.39 is 10.1 Å². The summed E-state index contributed by atoms with van der Waals surface area (Å²) in [5, 5.41) is 0. The molecule has 3 nitrogen and oxygen atoms in total. The molecule has 0 radical (unpaired) electrons. The third kappa shape index (κ3) is 2.58. The summed E-state index contributed by atoms with van der Waals surface area (Å²) in [7, 11) is -4.09. The molecule has 4 heteroatoms. The fourth-order valence-electron chi connectivity index (χ4n) is 0.897. The van der Waals surface area contributed by atoms with Crippen molar-refractivity contribution in [3.8, 4) is 12.3 Å². The Morgan fingerprint density at radius 3 is 2.23 bits per heavy atom. The first-order chi connectivity index (χ1) is 6.04. The van der Waals surface area contributed by atoms with E-state index in [2.05, 4.69) is 5.92 Å². The molecule has 0 atom stereocenters. The topological polar surface area (TPSA) is 54.4 Å². The van der Waals surface area contributed by atoms with Gasteiger partial charge in [0.1, 0.15) is 0 Å². The van der Waals surface area contributed by atoms with Crippen LogP contribution in [-0.4, -0.2) is 13.0 Å². The highest BCUT2D eigenvalue weighted by Gasteiger charge is 2.07. The normalized spacial score (nSPS) is 10.8. The van der Waals surface area contributed by atoms with Gasteiger partial charge in [-0.1, -0.05) is 12.1 Å². The lowest BCUT2D eigenvalue weighted by molar-refractivity contribution is 0.483. The smallest absolute Gasteiger partial charge is 0.282 e. The van der Waals surface area contributed by atoms with Crippen LogP contribution in [0.4, 0.5) is 0 Å². The van der Waals surface area contributed by atoms with Crippen molar-refractivity contribution < 1.29 is 13.0 Å². The summed E-state index contributed by atoms with van der Waals surface area (Å²) in [4.78, 5) is -0.117. The molecule has 0 aromatic heterocycles. The molecule has 0 aliphatic heterocycles. The van der Waals surface area contributed by atoms with E-state index in [1.807, 2.05) is 0 Å². The van der Waals surface area contributed by atoms with E-state index in [1.54, 1.807) is 12.1 Å². The van der Waals surface area contributed by atoms with Gasteiger partial charge in [0, 0.05) is 6.42 Å². The lowest BCUT2D eigenvalue weighted by Gasteiger charge is -1.97. The van der Waals surface area contributed by atoms with E-state index in [-0.39, 0.29) is 4.90 Å². The van der Waals surface area contributed by atoms with Gasteiger partial charge in [0.15, 0.2) is 0 Å². The molecule has 0 fully saturated rings. The molecule has 0 saturated heterocycles. The van der Waals surface area contributed by atoms with Gasteiger partial charge in [0.25, 0.3) is 10.1 Å². The van der Waals surface area contributed by atoms with Gasteiger partial charge in [0.2, 0.25) is 0 Å². The molecule has 0 saturated carbocycles. The fraction of sp³-hybridized carbons (Fsp3) is 0.111. The zero-order chi connectivity index (χ0) is 9.90. The molecule has 1 aromatic carbocycles. The first-order valence-corrected chi connectivity index (χ1v) is 4.98. The highest BCUT2D eigenvalue weighted by Crippen LogP contribution is 2.09. The molecule has 0 bridgehead atoms. The highest BCUT2D eigenvalue weighted by molar-refractivity contribution is 7.85. The van der Waals surface area contributed by atoms with E-state index in [9.17, 15) is 8.42 Å². The summed E-state index contributed by atoms with van der Waals surface area (Å²) in [5.74, 6) is 2.43. The quantitative estimate of drug-likeness (QED) is 0.569. The van der Waals surface area contributed by atoms with Crippen molar-refractivity contribution in [1.82, 2.24) is 0 Å². The SMILES string of the molecule is C#CCc1ccc(S(=O)(=O)O)cc1. The predicted molar refractivity (Wildman–Crippen MR) is 48.8 cm³/mol. The van der Waals surface area contributed by atoms with Crippen LogP contribution in [0.2, 0.25) is 0 Å². The second-order valence-corrected chi connectivity index (χ2v) is 3.92. The molecule has 0 amide bonds. The Hall–Kier alpha value is -1.31. The molecular formula is C9H8O3S. The first-order valence-electron chi connectivity index (χ1n) is 3.54. The second-order valence-electron chi connectivity index (χ2n) is 2.50. The maximum absolute atomic E-state index is 10.6. The molecule has 0 unspecified atom stereocenters. The molecule has 0 aliphatic rings. The molecule has 68 valence electrons. The maximum atomic E-state index is 10.6. The van der Waals surface area contributed by atoms with Crippen molar-refractivity contribution in [3.63, 3.8) is 0 Å². The minimum absolute atomic E-state index is 0.117. The van der Waals surface area contributed by atoms with Crippen molar-refractivity contribution in [2.75, 3.05) is 0 Å². The fourth-order valence-corrected chi connectivity index (χ4v) is 1.38. The van der Waals surface area contributed by atoms with Crippen LogP contribution < -0.4 is 0 Å². The van der Waals surface area contributed by atoms with Crippen LogP contribution in [0.3, 0.4) is 0 Å². The molecule has 0 heterocycles. The zero-order valence-corrected chi connectivity index (χ0v) is 7.58. The Labute approximate surface area is 77.2 Å². The number of rotatable bonds is 2. The number of benzene rings is 1. The van der Waals surface area contributed by atoms with Gasteiger partial charge in [-0.2, -0.15) is 8.42 Å². The van der Waals surface area contributed by atoms with E-state index >= 15 is 0 Å². The van der Waals surface area contributed by atoms with Crippen molar-refractivity contribution >= 4 is 10.1 Å². The van der Waals surface area contributed by atoms with Crippen LogP contribution in [0.25, 0.3) is 0 Å². The van der Waals surface area contributed by atoms with E-state index in [4.69, 9.17) is 11.0 Å². The highest BCUT2D eigenvalue weighted by atomic mass is 32.2. The van der Waals surface area contributed by atoms with Crippen LogP contribution in [0, 0.1) is 12.3 Å². The molecule has 1 rings (SSSR count). The Morgan fingerprint density at radius 2 is 1.85 bits per heavy atom. The van der Waals surface area contributed by atoms with Crippen molar-refractivity contribution in [2.45, 2.75) is 11.3 Å². The average molecular weight is 196 g/mol. The lowest BCUT2D eigenvalue weighted by atomic mass is 10.2. The average Bonchev–Trinajstić information content (AvgIpc) is 2.04. The first kappa shape index (κ1) is 9.78. The third-order valence-corrected chi connectivity index (χ3v) is 2.40. The van der Waals surface area contributed by atoms with Crippen LogP contribution >= 0.6 is 0 Å². The molecule has 1 aromatic rings. The summed E-state index contributed by atoms with van der Waals surface area (Å²) in [6.07, 6.45) is 5.52. The van der Waals surface area contributed by atoms with Gasteiger partial charge < -0.3 is 0 Å². The third-order valence-electron chi connectivity index (χ3n) is 1.53. The van der Waals surface area contributed by atoms with Crippen LogP contribution in [0.1, 0.15) is 5.56 Å². The van der Waals surface area contributed by atoms with E-state index in [0.717, 1.165) is 5.56 Å². The zero-order valence-electron chi connectivity index (χ0n) is 6.77. The van der Waals surface area contributed by atoms with Gasteiger partial charge in [-0.05, 0) is 17.7 Å². The van der Waals surface area contributed by atoms with Gasteiger partial charge in [-0.3, -0.25) is 4.55 Å². The lowest BCUT2D eigenvalue weighted by Crippen LogP contribution is -1.97. The van der Waals surface area contributed by atoms with Gasteiger partial charge in [-0.15, -0.1) is 12.3 Å². The van der Waals surface area contributed by atoms with E-state index in [0.29, 0.717) is 6.42 Å². The molecule has 1 N–H and O–H groups in total. The number of hydrogen-bond acceptors (Lipinski definition) is 2. The van der Waals surface area contributed by atoms with Gasteiger partial charge >= 0.3 is 0 Å². The summed E-state index contributed by atoms with van der Waals surface area (Å²) in [5.41, 5.74) is 0.843. The summed E-state index contributed by atoms with van der Waals surface area (Å²) < 4.78 is 29.9. The monoisotopic (exact) mass is 196 g/mol. The summed E-state index contributed by atoms with van der Waals surface area (Å²) >= 11 is 0. The van der Waals surface area contributed by atoms with Crippen molar-refractivity contribution in [3.05, 3.63) is 29.8 Å². The Bertz CT molecular complexity index is 423. The maximum Gasteiger partial charge on any atom is 0.294 e. The van der Waals surface area contributed by atoms with E-state index in [1.165, 1.54) is 12.1 Å². The van der Waals surface area contributed by atoms with Crippen LogP contribution in [0.5, 0.6) is 0 Å². The molecule has 0 aliphatic carbocycles. The summed E-state index contributed by atoms with van der Waals surface area (Å²) in [6, 6.07) is 5.79. The summed E-state index contributed by atoms with van der Waals surface area (Å²) in [6.45, 7) is 0. The van der Waals surface area contributed by atoms with Crippen molar-refractivity contribution in [1.29, 1.82) is 0 Å². The van der Waals surface area contributed by atoms with Gasteiger partial charge in [0.05, 0.1) is 4.90 Å². The van der Waals surface area contributed by atoms with Crippen LogP contribution in [-0.2, 0) is 16.5 Å².